The Kier molecular flexibility index (Phi) is 4.19. The van der Waals surface area contributed by atoms with Crippen molar-refractivity contribution in [2.45, 2.75) is 0 Å². The highest BCUT2D eigenvalue weighted by molar-refractivity contribution is 7.23. The Morgan fingerprint density at radius 3 is 2.73 bits per heavy atom. The van der Waals surface area contributed by atoms with Crippen LogP contribution in [-0.4, -0.2) is 10.9 Å². The van der Waals surface area contributed by atoms with Crippen molar-refractivity contribution in [1.29, 1.82) is 0 Å². The second-order valence-electron chi connectivity index (χ2n) is 4.22. The first-order valence-electron chi connectivity index (χ1n) is 6.00. The van der Waals surface area contributed by atoms with Crippen molar-refractivity contribution in [3.63, 3.8) is 0 Å². The minimum absolute atomic E-state index is 0.0971. The van der Waals surface area contributed by atoms with Crippen molar-refractivity contribution in [2.75, 3.05) is 5.32 Å². The van der Waals surface area contributed by atoms with E-state index in [1.807, 2.05) is 6.07 Å². The summed E-state index contributed by atoms with van der Waals surface area (Å²) in [7, 11) is 0. The molecule has 0 aliphatic carbocycles. The fourth-order valence-electron chi connectivity index (χ4n) is 1.70. The molecular formula is C14H7ClF2N2OS2. The smallest absolute Gasteiger partial charge is 0.275 e. The lowest BCUT2D eigenvalue weighted by Crippen LogP contribution is -2.13. The number of carbonyl (C=O) groups excluding carboxylic acids is 1. The van der Waals surface area contributed by atoms with Crippen molar-refractivity contribution in [3.8, 4) is 9.88 Å². The van der Waals surface area contributed by atoms with Crippen LogP contribution in [0.4, 0.5) is 14.5 Å². The lowest BCUT2D eigenvalue weighted by atomic mass is 10.3. The number of hydrogen-bond acceptors (Lipinski definition) is 4. The number of halogens is 3. The van der Waals surface area contributed by atoms with Gasteiger partial charge < -0.3 is 5.32 Å². The largest absolute Gasteiger partial charge is 0.318 e. The van der Waals surface area contributed by atoms with Gasteiger partial charge in [-0.05, 0) is 24.3 Å². The summed E-state index contributed by atoms with van der Waals surface area (Å²) in [6.45, 7) is 0. The molecule has 8 heteroatoms. The first-order valence-corrected chi connectivity index (χ1v) is 8.08. The van der Waals surface area contributed by atoms with E-state index in [4.69, 9.17) is 11.6 Å². The molecule has 2 aromatic heterocycles. The van der Waals surface area contributed by atoms with Gasteiger partial charge in [0.2, 0.25) is 0 Å². The summed E-state index contributed by atoms with van der Waals surface area (Å²) in [4.78, 5) is 17.1. The Morgan fingerprint density at radius 2 is 2.05 bits per heavy atom. The van der Waals surface area contributed by atoms with Crippen molar-refractivity contribution >= 4 is 45.9 Å². The number of aromatic nitrogens is 1. The molecule has 1 amide bonds. The summed E-state index contributed by atoms with van der Waals surface area (Å²) in [6, 6.07) is 6.49. The molecule has 0 aliphatic rings. The van der Waals surface area contributed by atoms with Crippen LogP contribution < -0.4 is 5.32 Å². The van der Waals surface area contributed by atoms with Gasteiger partial charge >= 0.3 is 0 Å². The fraction of sp³-hybridized carbons (Fsp3) is 0. The van der Waals surface area contributed by atoms with Gasteiger partial charge in [-0.1, -0.05) is 11.6 Å². The minimum atomic E-state index is -0.839. The van der Waals surface area contributed by atoms with Gasteiger partial charge in [-0.3, -0.25) is 4.79 Å². The van der Waals surface area contributed by atoms with E-state index in [9.17, 15) is 13.6 Å². The summed E-state index contributed by atoms with van der Waals surface area (Å²) < 4.78 is 27.0. The summed E-state index contributed by atoms with van der Waals surface area (Å²) in [5.74, 6) is -2.11. The van der Waals surface area contributed by atoms with Crippen LogP contribution in [0.15, 0.2) is 35.7 Å². The maximum Gasteiger partial charge on any atom is 0.275 e. The molecule has 22 heavy (non-hydrogen) atoms. The van der Waals surface area contributed by atoms with E-state index >= 15 is 0 Å². The standard InChI is InChI=1S/C14H7ClF2N2OS2/c15-12-4-3-11(22-12)14-19-10(6-21-14)13(20)18-9-2-1-7(16)5-8(9)17/h1-6H,(H,18,20). The Balaban J connectivity index is 1.79. The van der Waals surface area contributed by atoms with Crippen LogP contribution in [0, 0.1) is 11.6 Å². The molecule has 0 atom stereocenters. The quantitative estimate of drug-likeness (QED) is 0.713. The highest BCUT2D eigenvalue weighted by atomic mass is 35.5. The summed E-state index contributed by atoms with van der Waals surface area (Å²) >= 11 is 8.50. The third-order valence-corrected chi connectivity index (χ3v) is 4.94. The Bertz CT molecular complexity index is 847. The zero-order valence-corrected chi connectivity index (χ0v) is 13.2. The third-order valence-electron chi connectivity index (χ3n) is 2.70. The van der Waals surface area contributed by atoms with Crippen LogP contribution in [0.25, 0.3) is 9.88 Å². The van der Waals surface area contributed by atoms with Gasteiger partial charge in [0.05, 0.1) is 14.9 Å². The number of rotatable bonds is 3. The predicted molar refractivity (Wildman–Crippen MR) is 84.7 cm³/mol. The molecule has 112 valence electrons. The van der Waals surface area contributed by atoms with Crippen molar-refractivity contribution in [2.24, 2.45) is 0 Å². The molecule has 0 bridgehead atoms. The molecule has 0 unspecified atom stereocenters. The van der Waals surface area contributed by atoms with Gasteiger partial charge in [-0.2, -0.15) is 0 Å². The molecule has 0 fully saturated rings. The number of thiophene rings is 1. The van der Waals surface area contributed by atoms with Crippen molar-refractivity contribution in [1.82, 2.24) is 4.98 Å². The fourth-order valence-corrected chi connectivity index (χ4v) is 3.61. The number of hydrogen-bond donors (Lipinski definition) is 1. The average molecular weight is 357 g/mol. The highest BCUT2D eigenvalue weighted by Crippen LogP contribution is 2.33. The van der Waals surface area contributed by atoms with Crippen LogP contribution in [0.5, 0.6) is 0 Å². The number of nitrogens with zero attached hydrogens (tertiary/aromatic N) is 1. The van der Waals surface area contributed by atoms with Gasteiger partial charge in [0.1, 0.15) is 22.3 Å². The van der Waals surface area contributed by atoms with Crippen LogP contribution in [0.1, 0.15) is 10.5 Å². The first kappa shape index (κ1) is 15.1. The SMILES string of the molecule is O=C(Nc1ccc(F)cc1F)c1csc(-c2ccc(Cl)s2)n1. The molecule has 3 nitrogen and oxygen atoms in total. The van der Waals surface area contributed by atoms with E-state index < -0.39 is 17.5 Å². The van der Waals surface area contributed by atoms with E-state index in [0.717, 1.165) is 17.0 Å². The molecule has 0 spiro atoms. The first-order chi connectivity index (χ1) is 10.5. The van der Waals surface area contributed by atoms with E-state index in [0.29, 0.717) is 15.4 Å². The number of anilines is 1. The van der Waals surface area contributed by atoms with Gasteiger partial charge in [0.25, 0.3) is 5.91 Å². The monoisotopic (exact) mass is 356 g/mol. The number of amides is 1. The molecule has 0 saturated carbocycles. The lowest BCUT2D eigenvalue weighted by molar-refractivity contribution is 0.102. The van der Waals surface area contributed by atoms with Crippen LogP contribution in [0.3, 0.4) is 0 Å². The van der Waals surface area contributed by atoms with Gasteiger partial charge in [0, 0.05) is 11.4 Å². The minimum Gasteiger partial charge on any atom is -0.318 e. The Morgan fingerprint density at radius 1 is 1.23 bits per heavy atom. The van der Waals surface area contributed by atoms with Crippen LogP contribution in [0.2, 0.25) is 4.34 Å². The van der Waals surface area contributed by atoms with Gasteiger partial charge in [-0.15, -0.1) is 22.7 Å². The molecule has 0 radical (unpaired) electrons. The second kappa shape index (κ2) is 6.12. The molecule has 0 aliphatic heterocycles. The number of thiazole rings is 1. The Hall–Kier alpha value is -1.83. The van der Waals surface area contributed by atoms with Gasteiger partial charge in [0.15, 0.2) is 0 Å². The number of benzene rings is 1. The molecule has 3 aromatic rings. The summed E-state index contributed by atoms with van der Waals surface area (Å²) in [5.41, 5.74) is 0.0633. The zero-order valence-electron chi connectivity index (χ0n) is 10.8. The highest BCUT2D eigenvalue weighted by Gasteiger charge is 2.15. The predicted octanol–water partition coefficient (Wildman–Crippen LogP) is 5.06. The van der Waals surface area contributed by atoms with Crippen LogP contribution in [-0.2, 0) is 0 Å². The summed E-state index contributed by atoms with van der Waals surface area (Å²) in [6.07, 6.45) is 0. The molecule has 1 N–H and O–H groups in total. The zero-order chi connectivity index (χ0) is 15.7. The van der Waals surface area contributed by atoms with Crippen molar-refractivity contribution in [3.05, 3.63) is 57.4 Å². The van der Waals surface area contributed by atoms with E-state index in [2.05, 4.69) is 10.3 Å². The number of carbonyl (C=O) groups is 1. The lowest BCUT2D eigenvalue weighted by Gasteiger charge is -2.04. The van der Waals surface area contributed by atoms with Gasteiger partial charge in [-0.25, -0.2) is 13.8 Å². The third kappa shape index (κ3) is 3.16. The maximum atomic E-state index is 13.5. The number of nitrogens with one attached hydrogen (secondary N) is 1. The molecule has 3 rings (SSSR count). The average Bonchev–Trinajstić information content (AvgIpc) is 3.10. The molecule has 0 saturated heterocycles. The van der Waals surface area contributed by atoms with Crippen molar-refractivity contribution < 1.29 is 13.6 Å². The summed E-state index contributed by atoms with van der Waals surface area (Å²) in [5, 5.41) is 4.59. The second-order valence-corrected chi connectivity index (χ2v) is 6.79. The molecular weight excluding hydrogens is 350 g/mol. The normalized spacial score (nSPS) is 10.7. The molecule has 2 heterocycles. The topological polar surface area (TPSA) is 42.0 Å². The Labute approximate surface area is 137 Å². The van der Waals surface area contributed by atoms with E-state index in [1.165, 1.54) is 22.7 Å². The molecule has 1 aromatic carbocycles. The van der Waals surface area contributed by atoms with E-state index in [-0.39, 0.29) is 11.4 Å². The van der Waals surface area contributed by atoms with E-state index in [1.54, 1.807) is 11.4 Å². The maximum absolute atomic E-state index is 13.5. The van der Waals surface area contributed by atoms with Crippen LogP contribution >= 0.6 is 34.3 Å².